The average molecular weight is 1010 g/mol. The summed E-state index contributed by atoms with van der Waals surface area (Å²) >= 11 is 0. The minimum atomic E-state index is -2.16. The Morgan fingerprint density at radius 2 is 1.42 bits per heavy atom. The molecule has 0 bridgehead atoms. The summed E-state index contributed by atoms with van der Waals surface area (Å²) in [5, 5.41) is 3.16. The Morgan fingerprint density at radius 1 is 0.742 bits per heavy atom. The molecule has 0 atom stereocenters. The van der Waals surface area contributed by atoms with E-state index in [0.29, 0.717) is 16.8 Å². The minimum absolute atomic E-state index is 0. The summed E-state index contributed by atoms with van der Waals surface area (Å²) < 4.78 is 48.3. The van der Waals surface area contributed by atoms with Gasteiger partial charge in [-0.25, -0.2) is 0 Å². The maximum Gasteiger partial charge on any atom is 0.120 e. The van der Waals surface area contributed by atoms with Gasteiger partial charge in [-0.2, -0.15) is 0 Å². The Kier molecular flexibility index (Phi) is 10.6. The Bertz CT molecular complexity index is 3280. The molecule has 10 rings (SSSR count). The molecular formula is C56H49IrN3OSi-2. The SMILES string of the molecule is [2H]C([2H])([2H])c1c[c-]c(-c2cc(C([2H])([2H])C(C)C)c([Si](C)(C)C)cn2)cc1.[Ir].[c-]1ccc2c(oc3ccccc32)c1-c1nc2ccccc2n1-c1c(-c2ccccc2)cccc1-c1ccccc1. The van der Waals surface area contributed by atoms with Gasteiger partial charge in [-0.1, -0.05) is 172 Å². The Labute approximate surface area is 386 Å². The fraction of sp³-hybridized carbons (Fsp3) is 0.143. The zero-order valence-electron chi connectivity index (χ0n) is 40.3. The fourth-order valence-corrected chi connectivity index (χ4v) is 9.38. The molecule has 0 aliphatic rings. The second-order valence-corrected chi connectivity index (χ2v) is 21.6. The topological polar surface area (TPSA) is 43.9 Å². The van der Waals surface area contributed by atoms with Crippen molar-refractivity contribution in [2.45, 2.75) is 46.7 Å². The van der Waals surface area contributed by atoms with E-state index in [2.05, 4.69) is 151 Å². The van der Waals surface area contributed by atoms with Crippen LogP contribution in [0.5, 0.6) is 0 Å². The predicted molar refractivity (Wildman–Crippen MR) is 258 cm³/mol. The first kappa shape index (κ1) is 36.5. The van der Waals surface area contributed by atoms with E-state index >= 15 is 0 Å². The number of rotatable bonds is 8. The quantitative estimate of drug-likeness (QED) is 0.113. The minimum Gasteiger partial charge on any atom is -0.501 e. The second-order valence-electron chi connectivity index (χ2n) is 16.5. The Balaban J connectivity index is 0.000000197. The number of benzene rings is 7. The molecule has 0 aliphatic carbocycles. The molecular weight excluding hydrogens is 951 g/mol. The fourth-order valence-electron chi connectivity index (χ4n) is 7.98. The van der Waals surface area contributed by atoms with Crippen LogP contribution in [0.2, 0.25) is 19.6 Å². The third-order valence-electron chi connectivity index (χ3n) is 10.8. The van der Waals surface area contributed by atoms with Crippen LogP contribution in [0.25, 0.3) is 83.6 Å². The molecule has 10 aromatic rings. The Hall–Kier alpha value is -6.17. The van der Waals surface area contributed by atoms with E-state index in [1.807, 2.05) is 50.2 Å². The molecule has 3 heterocycles. The summed E-state index contributed by atoms with van der Waals surface area (Å²) in [5.74, 6) is 0.626. The number of furan rings is 1. The van der Waals surface area contributed by atoms with E-state index in [0.717, 1.165) is 77.5 Å². The van der Waals surface area contributed by atoms with Gasteiger partial charge in [0.25, 0.3) is 0 Å². The van der Waals surface area contributed by atoms with Gasteiger partial charge in [0.15, 0.2) is 0 Å². The van der Waals surface area contributed by atoms with Crippen LogP contribution >= 0.6 is 0 Å². The Morgan fingerprint density at radius 3 is 2.08 bits per heavy atom. The molecule has 309 valence electrons. The van der Waals surface area contributed by atoms with Crippen molar-refractivity contribution in [2.75, 3.05) is 0 Å². The number of imidazole rings is 1. The zero-order chi connectivity index (χ0) is 46.4. The maximum absolute atomic E-state index is 8.59. The maximum atomic E-state index is 8.59. The van der Waals surface area contributed by atoms with Gasteiger partial charge in [-0.05, 0) is 52.5 Å². The number of aromatic nitrogens is 3. The summed E-state index contributed by atoms with van der Waals surface area (Å²) in [6.45, 7) is 8.14. The summed E-state index contributed by atoms with van der Waals surface area (Å²) in [7, 11) is -1.78. The van der Waals surface area contributed by atoms with Crippen molar-refractivity contribution in [3.8, 4) is 50.6 Å². The standard InChI is InChI=1S/C37H23N2O.C19H26NSi.Ir/c1-3-13-25(14-4-1)27-18-11-19-28(26-15-5-2-6-16-26)35(27)39-33-23-9-8-22-32(33)38-37(39)31-21-12-20-30-29-17-7-10-24-34(29)40-36(30)31;1-14(2)11-17-12-18(16-9-7-15(3)8-10-16)20-13-19(17)21(4,5)6;/h1-20,22-24H;7-9,12-14H,11H2,1-6H3;/q2*-1;/i;3D3,11D2;. The van der Waals surface area contributed by atoms with Gasteiger partial charge in [-0.15, -0.1) is 53.6 Å². The molecule has 0 unspecified atom stereocenters. The first-order valence-electron chi connectivity index (χ1n) is 23.2. The molecule has 0 spiro atoms. The molecule has 62 heavy (non-hydrogen) atoms. The molecule has 6 heteroatoms. The predicted octanol–water partition coefficient (Wildman–Crippen LogP) is 14.3. The van der Waals surface area contributed by atoms with E-state index in [1.54, 1.807) is 18.3 Å². The summed E-state index contributed by atoms with van der Waals surface area (Å²) in [6.07, 6.45) is 0.328. The van der Waals surface area contributed by atoms with Crippen LogP contribution in [0, 0.1) is 24.9 Å². The van der Waals surface area contributed by atoms with Crippen molar-refractivity contribution < 1.29 is 31.4 Å². The molecule has 0 aliphatic heterocycles. The summed E-state index contributed by atoms with van der Waals surface area (Å²) in [5.41, 5.74) is 12.3. The van der Waals surface area contributed by atoms with Crippen LogP contribution in [0.4, 0.5) is 0 Å². The normalized spacial score (nSPS) is 13.1. The number of hydrogen-bond acceptors (Lipinski definition) is 3. The number of nitrogens with zero attached hydrogens (tertiary/aromatic N) is 3. The third-order valence-corrected chi connectivity index (χ3v) is 12.8. The van der Waals surface area contributed by atoms with Crippen molar-refractivity contribution in [1.29, 1.82) is 0 Å². The van der Waals surface area contributed by atoms with Crippen LogP contribution in [0.15, 0.2) is 174 Å². The van der Waals surface area contributed by atoms with Gasteiger partial charge < -0.3 is 14.0 Å². The van der Waals surface area contributed by atoms with E-state index in [-0.39, 0.29) is 31.6 Å². The van der Waals surface area contributed by atoms with Crippen LogP contribution in [0.1, 0.15) is 31.8 Å². The van der Waals surface area contributed by atoms with Gasteiger partial charge in [0, 0.05) is 49.7 Å². The molecule has 0 N–H and O–H groups in total. The second kappa shape index (κ2) is 18.0. The van der Waals surface area contributed by atoms with E-state index in [4.69, 9.17) is 16.3 Å². The van der Waals surface area contributed by atoms with Crippen molar-refractivity contribution in [2.24, 2.45) is 5.92 Å². The van der Waals surface area contributed by atoms with Gasteiger partial charge in [-0.3, -0.25) is 4.98 Å². The smallest absolute Gasteiger partial charge is 0.120 e. The third kappa shape index (κ3) is 8.51. The van der Waals surface area contributed by atoms with E-state index in [9.17, 15) is 0 Å². The molecule has 0 fully saturated rings. The summed E-state index contributed by atoms with van der Waals surface area (Å²) in [4.78, 5) is 9.76. The number of para-hydroxylation sites is 4. The van der Waals surface area contributed by atoms with Crippen molar-refractivity contribution in [1.82, 2.24) is 14.5 Å². The number of aryl methyl sites for hydroxylation is 1. The van der Waals surface area contributed by atoms with Gasteiger partial charge in [0.1, 0.15) is 5.58 Å². The number of fused-ring (bicyclic) bond motifs is 4. The molecule has 1 radical (unpaired) electrons. The molecule has 0 saturated carbocycles. The van der Waals surface area contributed by atoms with Crippen molar-refractivity contribution in [3.63, 3.8) is 0 Å². The summed E-state index contributed by atoms with van der Waals surface area (Å²) in [6, 6.07) is 61.2. The van der Waals surface area contributed by atoms with Gasteiger partial charge in [0.05, 0.1) is 36.2 Å². The molecule has 4 nitrogen and oxygen atoms in total. The van der Waals surface area contributed by atoms with Crippen LogP contribution in [-0.4, -0.2) is 22.6 Å². The van der Waals surface area contributed by atoms with Crippen LogP contribution in [0.3, 0.4) is 0 Å². The van der Waals surface area contributed by atoms with Crippen LogP contribution in [-0.2, 0) is 26.5 Å². The molecule has 0 amide bonds. The molecule has 7 aromatic carbocycles. The van der Waals surface area contributed by atoms with E-state index < -0.39 is 21.3 Å². The largest absolute Gasteiger partial charge is 0.501 e. The van der Waals surface area contributed by atoms with Gasteiger partial charge in [0.2, 0.25) is 0 Å². The molecule has 3 aromatic heterocycles. The monoisotopic (exact) mass is 1010 g/mol. The number of hydrogen-bond donors (Lipinski definition) is 0. The average Bonchev–Trinajstić information content (AvgIpc) is 3.90. The van der Waals surface area contributed by atoms with Crippen molar-refractivity contribution >= 4 is 46.2 Å². The van der Waals surface area contributed by atoms with E-state index in [1.165, 1.54) is 6.07 Å². The molecule has 0 saturated heterocycles. The first-order chi connectivity index (χ1) is 31.6. The van der Waals surface area contributed by atoms with Crippen molar-refractivity contribution in [3.05, 3.63) is 193 Å². The number of pyridine rings is 1. The van der Waals surface area contributed by atoms with Crippen LogP contribution < -0.4 is 5.19 Å². The first-order valence-corrected chi connectivity index (χ1v) is 24.2. The zero-order valence-corrected chi connectivity index (χ0v) is 38.7. The van der Waals surface area contributed by atoms with Gasteiger partial charge >= 0.3 is 0 Å².